The molecule has 2 N–H and O–H groups in total. The third-order valence-corrected chi connectivity index (χ3v) is 3.88. The molecule has 2 aromatic rings. The molecule has 0 atom stereocenters. The van der Waals surface area contributed by atoms with Crippen LogP contribution in [0.1, 0.15) is 50.3 Å². The summed E-state index contributed by atoms with van der Waals surface area (Å²) in [6.07, 6.45) is 3.60. The third-order valence-electron chi connectivity index (χ3n) is 3.88. The van der Waals surface area contributed by atoms with E-state index in [-0.39, 0.29) is 30.1 Å². The van der Waals surface area contributed by atoms with Gasteiger partial charge < -0.3 is 19.9 Å². The SMILES string of the molecule is CCc1noc(CC)c1CNC(=NC)NCc1ccc(OC(C)C)nc1.I. The second-order valence-electron chi connectivity index (χ2n) is 6.19. The zero-order valence-corrected chi connectivity index (χ0v) is 19.0. The molecule has 2 rings (SSSR count). The lowest BCUT2D eigenvalue weighted by atomic mass is 10.1. The van der Waals surface area contributed by atoms with Crippen molar-refractivity contribution in [2.45, 2.75) is 59.7 Å². The minimum absolute atomic E-state index is 0. The van der Waals surface area contributed by atoms with Gasteiger partial charge in [-0.15, -0.1) is 24.0 Å². The average Bonchev–Trinajstić information content (AvgIpc) is 3.04. The summed E-state index contributed by atoms with van der Waals surface area (Å²) in [5, 5.41) is 10.7. The number of aryl methyl sites for hydroxylation is 2. The molecule has 0 aliphatic rings. The summed E-state index contributed by atoms with van der Waals surface area (Å²) >= 11 is 0. The first-order valence-corrected chi connectivity index (χ1v) is 9.09. The maximum absolute atomic E-state index is 5.56. The predicted octanol–water partition coefficient (Wildman–Crippen LogP) is 3.46. The highest BCUT2D eigenvalue weighted by Crippen LogP contribution is 2.15. The summed E-state index contributed by atoms with van der Waals surface area (Å²) in [6.45, 7) is 9.37. The van der Waals surface area contributed by atoms with Gasteiger partial charge in [0.1, 0.15) is 5.76 Å². The minimum atomic E-state index is 0. The molecule has 0 amide bonds. The van der Waals surface area contributed by atoms with Gasteiger partial charge in [0.05, 0.1) is 11.8 Å². The minimum Gasteiger partial charge on any atom is -0.475 e. The zero-order chi connectivity index (χ0) is 18.9. The lowest BCUT2D eigenvalue weighted by Crippen LogP contribution is -2.36. The van der Waals surface area contributed by atoms with Crippen molar-refractivity contribution in [3.8, 4) is 5.88 Å². The Morgan fingerprint density at radius 3 is 2.48 bits per heavy atom. The average molecular weight is 487 g/mol. The van der Waals surface area contributed by atoms with E-state index in [0.29, 0.717) is 19.0 Å². The predicted molar refractivity (Wildman–Crippen MR) is 118 cm³/mol. The molecule has 2 aromatic heterocycles. The van der Waals surface area contributed by atoms with E-state index in [1.807, 2.05) is 32.2 Å². The maximum atomic E-state index is 5.56. The van der Waals surface area contributed by atoms with Crippen molar-refractivity contribution in [2.24, 2.45) is 4.99 Å². The molecule has 0 spiro atoms. The summed E-state index contributed by atoms with van der Waals surface area (Å²) in [5.74, 6) is 2.28. The number of nitrogens with zero attached hydrogens (tertiary/aromatic N) is 3. The highest BCUT2D eigenvalue weighted by molar-refractivity contribution is 14.0. The van der Waals surface area contributed by atoms with Crippen LogP contribution in [0.25, 0.3) is 0 Å². The molecule has 150 valence electrons. The Kier molecular flexibility index (Phi) is 10.1. The number of rotatable bonds is 8. The van der Waals surface area contributed by atoms with Crippen molar-refractivity contribution >= 4 is 29.9 Å². The van der Waals surface area contributed by atoms with Gasteiger partial charge in [-0.3, -0.25) is 4.99 Å². The van der Waals surface area contributed by atoms with Crippen LogP contribution in [-0.4, -0.2) is 29.3 Å². The molecule has 0 saturated heterocycles. The number of nitrogens with one attached hydrogen (secondary N) is 2. The van der Waals surface area contributed by atoms with Crippen LogP contribution in [-0.2, 0) is 25.9 Å². The molecule has 8 heteroatoms. The van der Waals surface area contributed by atoms with Crippen LogP contribution < -0.4 is 15.4 Å². The second-order valence-corrected chi connectivity index (χ2v) is 6.19. The van der Waals surface area contributed by atoms with Crippen molar-refractivity contribution < 1.29 is 9.26 Å². The van der Waals surface area contributed by atoms with Crippen LogP contribution in [0.15, 0.2) is 27.8 Å². The van der Waals surface area contributed by atoms with E-state index in [9.17, 15) is 0 Å². The van der Waals surface area contributed by atoms with Crippen molar-refractivity contribution in [1.29, 1.82) is 0 Å². The van der Waals surface area contributed by atoms with E-state index < -0.39 is 0 Å². The van der Waals surface area contributed by atoms with Crippen molar-refractivity contribution in [1.82, 2.24) is 20.8 Å². The van der Waals surface area contributed by atoms with Gasteiger partial charge in [0.15, 0.2) is 5.96 Å². The van der Waals surface area contributed by atoms with Crippen molar-refractivity contribution in [2.75, 3.05) is 7.05 Å². The van der Waals surface area contributed by atoms with Gasteiger partial charge in [-0.25, -0.2) is 4.98 Å². The molecule has 0 aromatic carbocycles. The van der Waals surface area contributed by atoms with E-state index >= 15 is 0 Å². The smallest absolute Gasteiger partial charge is 0.213 e. The summed E-state index contributed by atoms with van der Waals surface area (Å²) in [5.41, 5.74) is 3.17. The first-order chi connectivity index (χ1) is 12.6. The summed E-state index contributed by atoms with van der Waals surface area (Å²) in [4.78, 5) is 8.58. The summed E-state index contributed by atoms with van der Waals surface area (Å²) < 4.78 is 11.0. The highest BCUT2D eigenvalue weighted by atomic mass is 127. The number of halogens is 1. The van der Waals surface area contributed by atoms with Crippen LogP contribution in [0.2, 0.25) is 0 Å². The van der Waals surface area contributed by atoms with E-state index in [1.165, 1.54) is 0 Å². The number of aromatic nitrogens is 2. The largest absolute Gasteiger partial charge is 0.475 e. The number of guanidine groups is 1. The monoisotopic (exact) mass is 487 g/mol. The van der Waals surface area contributed by atoms with Gasteiger partial charge >= 0.3 is 0 Å². The van der Waals surface area contributed by atoms with Crippen LogP contribution >= 0.6 is 24.0 Å². The molecular formula is C19H30IN5O2. The Morgan fingerprint density at radius 1 is 1.19 bits per heavy atom. The standard InChI is InChI=1S/C19H29N5O2.HI/c1-6-16-15(17(7-2)26-24-16)12-23-19(20-5)22-11-14-8-9-18(21-10-14)25-13(3)4;/h8-10,13H,6-7,11-12H2,1-5H3,(H2,20,22,23);1H. The zero-order valence-electron chi connectivity index (χ0n) is 16.7. The normalized spacial score (nSPS) is 11.3. The fraction of sp³-hybridized carbons (Fsp3) is 0.526. The van der Waals surface area contributed by atoms with Gasteiger partial charge in [-0.05, 0) is 25.8 Å². The Labute approximate surface area is 178 Å². The molecule has 0 bridgehead atoms. The van der Waals surface area contributed by atoms with Gasteiger partial charge in [0.2, 0.25) is 5.88 Å². The van der Waals surface area contributed by atoms with Crippen LogP contribution in [0.4, 0.5) is 0 Å². The summed E-state index contributed by atoms with van der Waals surface area (Å²) in [6, 6.07) is 3.88. The fourth-order valence-corrected chi connectivity index (χ4v) is 2.54. The van der Waals surface area contributed by atoms with E-state index in [0.717, 1.165) is 41.4 Å². The van der Waals surface area contributed by atoms with Gasteiger partial charge in [0, 0.05) is 44.4 Å². The number of hydrogen-bond acceptors (Lipinski definition) is 5. The Morgan fingerprint density at radius 2 is 1.93 bits per heavy atom. The molecule has 0 saturated carbocycles. The number of aliphatic imine (C=N–C) groups is 1. The molecule has 0 fully saturated rings. The van der Waals surface area contributed by atoms with Crippen LogP contribution in [0.3, 0.4) is 0 Å². The van der Waals surface area contributed by atoms with Gasteiger partial charge in [-0.1, -0.05) is 25.1 Å². The molecule has 0 unspecified atom stereocenters. The molecule has 0 aliphatic heterocycles. The Hall–Kier alpha value is -1.84. The van der Waals surface area contributed by atoms with Gasteiger partial charge in [0.25, 0.3) is 0 Å². The van der Waals surface area contributed by atoms with E-state index in [1.54, 1.807) is 7.05 Å². The fourth-order valence-electron chi connectivity index (χ4n) is 2.54. The molecule has 0 aliphatic carbocycles. The quantitative estimate of drug-likeness (QED) is 0.337. The second kappa shape index (κ2) is 11.8. The molecule has 7 nitrogen and oxygen atoms in total. The van der Waals surface area contributed by atoms with Crippen molar-refractivity contribution in [3.63, 3.8) is 0 Å². The first kappa shape index (κ1) is 23.2. The number of pyridine rings is 1. The molecular weight excluding hydrogens is 457 g/mol. The lowest BCUT2D eigenvalue weighted by molar-refractivity contribution is 0.232. The van der Waals surface area contributed by atoms with Crippen LogP contribution in [0, 0.1) is 0 Å². The van der Waals surface area contributed by atoms with Crippen molar-refractivity contribution in [3.05, 3.63) is 40.9 Å². The first-order valence-electron chi connectivity index (χ1n) is 9.09. The molecule has 2 heterocycles. The van der Waals surface area contributed by atoms with Gasteiger partial charge in [-0.2, -0.15) is 0 Å². The maximum Gasteiger partial charge on any atom is 0.213 e. The number of ether oxygens (including phenoxy) is 1. The molecule has 27 heavy (non-hydrogen) atoms. The number of hydrogen-bond donors (Lipinski definition) is 2. The highest BCUT2D eigenvalue weighted by Gasteiger charge is 2.13. The Balaban J connectivity index is 0.00000364. The topological polar surface area (TPSA) is 84.6 Å². The summed E-state index contributed by atoms with van der Waals surface area (Å²) in [7, 11) is 1.75. The lowest BCUT2D eigenvalue weighted by Gasteiger charge is -2.13. The molecule has 0 radical (unpaired) electrons. The Bertz CT molecular complexity index is 692. The van der Waals surface area contributed by atoms with E-state index in [2.05, 4.69) is 39.6 Å². The van der Waals surface area contributed by atoms with Crippen LogP contribution in [0.5, 0.6) is 5.88 Å². The van der Waals surface area contributed by atoms with E-state index in [4.69, 9.17) is 9.26 Å². The third kappa shape index (κ3) is 7.00.